The zero-order valence-corrected chi connectivity index (χ0v) is 10.1. The molecule has 96 valence electrons. The smallest absolute Gasteiger partial charge is 0.306 e. The first-order valence-electron chi connectivity index (χ1n) is 4.59. The van der Waals surface area contributed by atoms with Crippen molar-refractivity contribution in [3.05, 3.63) is 0 Å². The van der Waals surface area contributed by atoms with Gasteiger partial charge in [-0.15, -0.1) is 0 Å². The molecular formula is C8H17NO6S. The first-order valence-corrected chi connectivity index (χ1v) is 6.24. The molecule has 0 aliphatic carbocycles. The molecule has 0 fully saturated rings. The predicted octanol–water partition coefficient (Wildman–Crippen LogP) is -1.22. The molecule has 16 heavy (non-hydrogen) atoms. The molecule has 0 aromatic carbocycles. The first kappa shape index (κ1) is 15.3. The quantitative estimate of drug-likeness (QED) is 0.501. The average Bonchev–Trinajstić information content (AvgIpc) is 2.10. The molecule has 0 saturated carbocycles. The number of aliphatic hydroxyl groups is 1. The van der Waals surface area contributed by atoms with E-state index in [2.05, 4.69) is 9.46 Å². The van der Waals surface area contributed by atoms with E-state index in [9.17, 15) is 18.3 Å². The number of carboxylic acids is 1. The van der Waals surface area contributed by atoms with Gasteiger partial charge in [-0.3, -0.25) is 4.79 Å². The van der Waals surface area contributed by atoms with Crippen LogP contribution in [-0.2, 0) is 19.6 Å². The van der Waals surface area contributed by atoms with Crippen LogP contribution in [0.5, 0.6) is 0 Å². The average molecular weight is 255 g/mol. The van der Waals surface area contributed by atoms with Crippen molar-refractivity contribution < 1.29 is 28.2 Å². The Morgan fingerprint density at radius 2 is 2.06 bits per heavy atom. The number of carbonyl (C=O) groups is 1. The van der Waals surface area contributed by atoms with Crippen LogP contribution in [0.1, 0.15) is 13.3 Å². The molecule has 3 N–H and O–H groups in total. The van der Waals surface area contributed by atoms with E-state index in [4.69, 9.17) is 5.11 Å². The molecule has 0 bridgehead atoms. The van der Waals surface area contributed by atoms with Crippen molar-refractivity contribution in [3.63, 3.8) is 0 Å². The summed E-state index contributed by atoms with van der Waals surface area (Å²) in [6, 6.07) is 0. The Bertz CT molecular complexity index is 323. The van der Waals surface area contributed by atoms with E-state index in [-0.39, 0.29) is 18.9 Å². The Balaban J connectivity index is 4.17. The van der Waals surface area contributed by atoms with Gasteiger partial charge in [0, 0.05) is 13.7 Å². The molecule has 1 unspecified atom stereocenters. The van der Waals surface area contributed by atoms with Crippen molar-refractivity contribution >= 4 is 16.0 Å². The molecule has 0 spiro atoms. The Hall–Kier alpha value is -0.700. The van der Waals surface area contributed by atoms with E-state index >= 15 is 0 Å². The number of hydrogen-bond acceptors (Lipinski definition) is 5. The summed E-state index contributed by atoms with van der Waals surface area (Å²) in [6.07, 6.45) is -0.528. The Morgan fingerprint density at radius 3 is 2.50 bits per heavy atom. The van der Waals surface area contributed by atoms with Gasteiger partial charge in [-0.25, -0.2) is 13.1 Å². The van der Waals surface area contributed by atoms with E-state index in [1.807, 2.05) is 0 Å². The minimum atomic E-state index is -3.54. The van der Waals surface area contributed by atoms with Crippen LogP contribution in [0.15, 0.2) is 0 Å². The molecule has 0 aromatic heterocycles. The summed E-state index contributed by atoms with van der Waals surface area (Å²) in [7, 11) is -2.17. The maximum Gasteiger partial charge on any atom is 0.306 e. The van der Waals surface area contributed by atoms with Gasteiger partial charge in [0.1, 0.15) is 0 Å². The molecule has 0 aliphatic rings. The van der Waals surface area contributed by atoms with Gasteiger partial charge in [-0.05, 0) is 6.92 Å². The fourth-order valence-electron chi connectivity index (χ4n) is 0.919. The molecule has 0 rings (SSSR count). The number of methoxy groups -OCH3 is 1. The van der Waals surface area contributed by atoms with Crippen molar-refractivity contribution in [3.8, 4) is 0 Å². The maximum atomic E-state index is 11.3. The van der Waals surface area contributed by atoms with E-state index in [0.717, 1.165) is 0 Å². The zero-order valence-electron chi connectivity index (χ0n) is 9.26. The summed E-state index contributed by atoms with van der Waals surface area (Å²) in [5.74, 6) is -1.42. The minimum Gasteiger partial charge on any atom is -0.481 e. The fourth-order valence-corrected chi connectivity index (χ4v) is 1.98. The summed E-state index contributed by atoms with van der Waals surface area (Å²) in [5.41, 5.74) is -1.61. The van der Waals surface area contributed by atoms with Gasteiger partial charge in [-0.1, -0.05) is 0 Å². The summed E-state index contributed by atoms with van der Waals surface area (Å²) < 4.78 is 29.3. The zero-order chi connectivity index (χ0) is 12.8. The second kappa shape index (κ2) is 6.14. The molecule has 0 heterocycles. The van der Waals surface area contributed by atoms with Crippen molar-refractivity contribution in [2.75, 3.05) is 26.0 Å². The topological polar surface area (TPSA) is 113 Å². The number of aliphatic carboxylic acids is 1. The van der Waals surface area contributed by atoms with Crippen LogP contribution in [0.3, 0.4) is 0 Å². The van der Waals surface area contributed by atoms with Crippen molar-refractivity contribution in [2.24, 2.45) is 0 Å². The minimum absolute atomic E-state index is 0.0381. The van der Waals surface area contributed by atoms with E-state index in [0.29, 0.717) is 0 Å². The van der Waals surface area contributed by atoms with E-state index in [1.165, 1.54) is 14.0 Å². The lowest BCUT2D eigenvalue weighted by atomic mass is 10.0. The molecule has 0 amide bonds. The monoisotopic (exact) mass is 255 g/mol. The third-order valence-electron chi connectivity index (χ3n) is 1.76. The Labute approximate surface area is 94.5 Å². The van der Waals surface area contributed by atoms with Gasteiger partial charge in [0.2, 0.25) is 10.0 Å². The van der Waals surface area contributed by atoms with Crippen molar-refractivity contribution in [1.82, 2.24) is 4.72 Å². The number of ether oxygens (including phenoxy) is 1. The number of carboxylic acid groups (broad SMARTS) is 1. The molecule has 7 nitrogen and oxygen atoms in total. The van der Waals surface area contributed by atoms with Gasteiger partial charge >= 0.3 is 5.97 Å². The summed E-state index contributed by atoms with van der Waals surface area (Å²) in [4.78, 5) is 10.4. The summed E-state index contributed by atoms with van der Waals surface area (Å²) in [5, 5.41) is 18.0. The number of hydrogen-bond donors (Lipinski definition) is 3. The van der Waals surface area contributed by atoms with Gasteiger partial charge in [0.15, 0.2) is 0 Å². The van der Waals surface area contributed by atoms with Crippen molar-refractivity contribution in [2.45, 2.75) is 18.9 Å². The third-order valence-corrected chi connectivity index (χ3v) is 3.05. The van der Waals surface area contributed by atoms with Crippen LogP contribution in [-0.4, -0.2) is 56.2 Å². The molecular weight excluding hydrogens is 238 g/mol. The number of sulfonamides is 1. The highest BCUT2D eigenvalue weighted by molar-refractivity contribution is 7.89. The van der Waals surface area contributed by atoms with Crippen LogP contribution in [0.25, 0.3) is 0 Å². The van der Waals surface area contributed by atoms with Gasteiger partial charge in [0.05, 0.1) is 24.4 Å². The van der Waals surface area contributed by atoms with Crippen LogP contribution in [0.2, 0.25) is 0 Å². The van der Waals surface area contributed by atoms with Gasteiger partial charge in [-0.2, -0.15) is 0 Å². The van der Waals surface area contributed by atoms with Crippen LogP contribution < -0.4 is 4.72 Å². The van der Waals surface area contributed by atoms with Crippen LogP contribution in [0, 0.1) is 0 Å². The van der Waals surface area contributed by atoms with Crippen molar-refractivity contribution in [1.29, 1.82) is 0 Å². The number of nitrogens with one attached hydrogen (secondary N) is 1. The lowest BCUT2D eigenvalue weighted by molar-refractivity contribution is -0.141. The third kappa shape index (κ3) is 7.57. The summed E-state index contributed by atoms with van der Waals surface area (Å²) >= 11 is 0. The second-order valence-corrected chi connectivity index (χ2v) is 5.63. The maximum absolute atomic E-state index is 11.3. The predicted molar refractivity (Wildman–Crippen MR) is 56.5 cm³/mol. The van der Waals surface area contributed by atoms with E-state index in [1.54, 1.807) is 0 Å². The highest BCUT2D eigenvalue weighted by Crippen LogP contribution is 2.07. The SMILES string of the molecule is COCCS(=O)(=O)NCC(C)(O)CC(=O)O. The molecule has 0 aliphatic heterocycles. The Kier molecular flexibility index (Phi) is 5.87. The number of rotatable bonds is 8. The normalized spacial score (nSPS) is 15.7. The van der Waals surface area contributed by atoms with Gasteiger partial charge in [0.25, 0.3) is 0 Å². The van der Waals surface area contributed by atoms with Gasteiger partial charge < -0.3 is 14.9 Å². The molecule has 0 saturated heterocycles. The first-order chi connectivity index (χ1) is 7.18. The molecule has 0 radical (unpaired) electrons. The standard InChI is InChI=1S/C8H17NO6S/c1-8(12,5-7(10)11)6-9-16(13,14)4-3-15-2/h9,12H,3-6H2,1-2H3,(H,10,11). The molecule has 0 aromatic rings. The second-order valence-electron chi connectivity index (χ2n) is 3.70. The van der Waals surface area contributed by atoms with Crippen LogP contribution in [0.4, 0.5) is 0 Å². The van der Waals surface area contributed by atoms with Crippen LogP contribution >= 0.6 is 0 Å². The highest BCUT2D eigenvalue weighted by Gasteiger charge is 2.26. The molecule has 8 heteroatoms. The largest absolute Gasteiger partial charge is 0.481 e. The lowest BCUT2D eigenvalue weighted by Gasteiger charge is -2.21. The highest BCUT2D eigenvalue weighted by atomic mass is 32.2. The van der Waals surface area contributed by atoms with E-state index < -0.39 is 28.0 Å². The summed E-state index contributed by atoms with van der Waals surface area (Å²) in [6.45, 7) is 0.946. The fraction of sp³-hybridized carbons (Fsp3) is 0.875. The molecule has 1 atom stereocenters. The Morgan fingerprint density at radius 1 is 1.50 bits per heavy atom. The lowest BCUT2D eigenvalue weighted by Crippen LogP contribution is -2.43.